The van der Waals surface area contributed by atoms with Gasteiger partial charge >= 0.3 is 0 Å². The maximum absolute atomic E-state index is 12.4. The van der Waals surface area contributed by atoms with Gasteiger partial charge in [0.25, 0.3) is 0 Å². The molecule has 1 aromatic heterocycles. The molecule has 3 rings (SSSR count). The summed E-state index contributed by atoms with van der Waals surface area (Å²) in [5.41, 5.74) is 5.79. The van der Waals surface area contributed by atoms with E-state index in [2.05, 4.69) is 21.6 Å². The van der Waals surface area contributed by atoms with Crippen molar-refractivity contribution in [2.45, 2.75) is 35.8 Å². The summed E-state index contributed by atoms with van der Waals surface area (Å²) >= 11 is 1.16. The summed E-state index contributed by atoms with van der Waals surface area (Å²) in [4.78, 5) is 2.56. The van der Waals surface area contributed by atoms with Gasteiger partial charge in [0.15, 0.2) is 15.7 Å². The molecule has 1 aromatic rings. The van der Waals surface area contributed by atoms with Crippen LogP contribution in [0.5, 0.6) is 0 Å². The number of hydrogen-bond acceptors (Lipinski definition) is 7. The van der Waals surface area contributed by atoms with Gasteiger partial charge < -0.3 is 16.0 Å². The summed E-state index contributed by atoms with van der Waals surface area (Å²) < 4.78 is 28.9. The highest BCUT2D eigenvalue weighted by Crippen LogP contribution is 2.41. The van der Waals surface area contributed by atoms with Crippen LogP contribution in [0.15, 0.2) is 4.90 Å². The first kappa shape index (κ1) is 15.1. The summed E-state index contributed by atoms with van der Waals surface area (Å²) in [6.45, 7) is 3.00. The van der Waals surface area contributed by atoms with E-state index < -0.39 is 9.84 Å². The van der Waals surface area contributed by atoms with Crippen molar-refractivity contribution in [3.8, 4) is 0 Å². The molecule has 1 saturated carbocycles. The van der Waals surface area contributed by atoms with Crippen LogP contribution in [-0.2, 0) is 9.84 Å². The molecule has 21 heavy (non-hydrogen) atoms. The molecule has 0 amide bonds. The van der Waals surface area contributed by atoms with Crippen molar-refractivity contribution in [2.24, 2.45) is 5.92 Å². The van der Waals surface area contributed by atoms with Crippen molar-refractivity contribution in [3.63, 3.8) is 0 Å². The number of nitrogens with two attached hydrogens (primary N) is 1. The highest BCUT2D eigenvalue weighted by atomic mass is 32.2. The van der Waals surface area contributed by atoms with Gasteiger partial charge in [-0.15, -0.1) is 0 Å². The van der Waals surface area contributed by atoms with Crippen LogP contribution in [0.4, 0.5) is 10.8 Å². The lowest BCUT2D eigenvalue weighted by Crippen LogP contribution is -2.33. The molecule has 0 bridgehead atoms. The fraction of sp³-hybridized carbons (Fsp3) is 0.769. The number of nitrogen functional groups attached to an aromatic ring is 1. The van der Waals surface area contributed by atoms with Gasteiger partial charge in [-0.1, -0.05) is 0 Å². The fourth-order valence-electron chi connectivity index (χ4n) is 2.73. The van der Waals surface area contributed by atoms with E-state index in [4.69, 9.17) is 5.73 Å². The van der Waals surface area contributed by atoms with Gasteiger partial charge in [-0.2, -0.15) is 4.37 Å². The maximum atomic E-state index is 12.4. The Balaban J connectivity index is 1.69. The van der Waals surface area contributed by atoms with E-state index in [0.717, 1.165) is 56.9 Å². The quantitative estimate of drug-likeness (QED) is 0.849. The van der Waals surface area contributed by atoms with Crippen LogP contribution < -0.4 is 11.1 Å². The number of nitrogens with one attached hydrogen (secondary N) is 1. The Bertz CT molecular complexity index is 602. The Morgan fingerprint density at radius 1 is 1.33 bits per heavy atom. The van der Waals surface area contributed by atoms with Crippen LogP contribution in [0.2, 0.25) is 0 Å². The lowest BCUT2D eigenvalue weighted by molar-refractivity contribution is 0.226. The molecule has 0 radical (unpaired) electrons. The Hall–Kier alpha value is -0.860. The first-order chi connectivity index (χ1) is 9.98. The number of hydrogen-bond donors (Lipinski definition) is 2. The number of aromatic nitrogens is 1. The first-order valence-electron chi connectivity index (χ1n) is 7.40. The van der Waals surface area contributed by atoms with Crippen LogP contribution in [-0.4, -0.2) is 49.6 Å². The van der Waals surface area contributed by atoms with Crippen molar-refractivity contribution in [3.05, 3.63) is 0 Å². The zero-order chi connectivity index (χ0) is 15.0. The molecule has 0 unspecified atom stereocenters. The first-order valence-corrected chi connectivity index (χ1v) is 9.72. The highest BCUT2D eigenvalue weighted by molar-refractivity contribution is 7.92. The molecule has 6 nitrogen and oxygen atoms in total. The van der Waals surface area contributed by atoms with E-state index in [1.165, 1.54) is 0 Å². The van der Waals surface area contributed by atoms with Crippen molar-refractivity contribution in [2.75, 3.05) is 37.7 Å². The van der Waals surface area contributed by atoms with Gasteiger partial charge in [-0.25, -0.2) is 8.42 Å². The second kappa shape index (κ2) is 5.73. The average Bonchev–Trinajstić information content (AvgIpc) is 3.23. The fourth-order valence-corrected chi connectivity index (χ4v) is 5.62. The monoisotopic (exact) mass is 330 g/mol. The van der Waals surface area contributed by atoms with E-state index in [1.807, 2.05) is 0 Å². The van der Waals surface area contributed by atoms with Crippen LogP contribution in [0.25, 0.3) is 0 Å². The van der Waals surface area contributed by atoms with Crippen LogP contribution in [0, 0.1) is 5.92 Å². The predicted molar refractivity (Wildman–Crippen MR) is 85.4 cm³/mol. The molecule has 3 N–H and O–H groups in total. The summed E-state index contributed by atoms with van der Waals surface area (Å²) in [5.74, 6) is 0.735. The molecular formula is C13H22N4O2S2. The van der Waals surface area contributed by atoms with E-state index in [-0.39, 0.29) is 16.0 Å². The third-order valence-electron chi connectivity index (χ3n) is 4.31. The normalized spacial score (nSPS) is 21.6. The molecule has 1 aliphatic carbocycles. The Labute approximate surface area is 129 Å². The maximum Gasteiger partial charge on any atom is 0.187 e. The standard InChI is InChI=1S/C13H22N4O2S2/c1-17-6-4-9(5-7-17)8-15-13-11(12(14)16-20-13)21(18,19)10-2-3-10/h9-10,15H,2-8H2,1H3,(H2,14,16). The Morgan fingerprint density at radius 2 is 2.00 bits per heavy atom. The van der Waals surface area contributed by atoms with Gasteiger partial charge in [0.2, 0.25) is 0 Å². The smallest absolute Gasteiger partial charge is 0.187 e. The van der Waals surface area contributed by atoms with Gasteiger partial charge in [-0.05, 0) is 63.3 Å². The number of nitrogens with zero attached hydrogens (tertiary/aromatic N) is 2. The van der Waals surface area contributed by atoms with E-state index >= 15 is 0 Å². The number of sulfone groups is 1. The third kappa shape index (κ3) is 3.17. The van der Waals surface area contributed by atoms with Crippen molar-refractivity contribution < 1.29 is 8.42 Å². The summed E-state index contributed by atoms with van der Waals surface area (Å²) in [6, 6.07) is 0. The third-order valence-corrected chi connectivity index (χ3v) is 7.59. The molecule has 118 valence electrons. The average molecular weight is 330 g/mol. The largest absolute Gasteiger partial charge is 0.382 e. The number of likely N-dealkylation sites (tertiary alicyclic amines) is 1. The number of piperidine rings is 1. The van der Waals surface area contributed by atoms with E-state index in [0.29, 0.717) is 10.9 Å². The lowest BCUT2D eigenvalue weighted by atomic mass is 9.97. The van der Waals surface area contributed by atoms with Crippen LogP contribution >= 0.6 is 11.5 Å². The summed E-state index contributed by atoms with van der Waals surface area (Å²) in [6.07, 6.45) is 3.77. The molecule has 1 saturated heterocycles. The van der Waals surface area contributed by atoms with Crippen LogP contribution in [0.1, 0.15) is 25.7 Å². The molecule has 2 heterocycles. The second-order valence-corrected chi connectivity index (χ2v) is 9.04. The topological polar surface area (TPSA) is 88.3 Å². The SMILES string of the molecule is CN1CCC(CNc2snc(N)c2S(=O)(=O)C2CC2)CC1. The Morgan fingerprint density at radius 3 is 2.62 bits per heavy atom. The minimum absolute atomic E-state index is 0.151. The lowest BCUT2D eigenvalue weighted by Gasteiger charge is -2.29. The summed E-state index contributed by atoms with van der Waals surface area (Å²) in [5, 5.41) is 3.66. The second-order valence-electron chi connectivity index (χ2n) is 6.10. The molecule has 8 heteroatoms. The minimum Gasteiger partial charge on any atom is -0.382 e. The van der Waals surface area contributed by atoms with Gasteiger partial charge in [0.05, 0.1) is 5.25 Å². The van der Waals surface area contributed by atoms with Gasteiger partial charge in [0, 0.05) is 6.54 Å². The van der Waals surface area contributed by atoms with E-state index in [1.54, 1.807) is 0 Å². The molecular weight excluding hydrogens is 308 g/mol. The zero-order valence-corrected chi connectivity index (χ0v) is 13.8. The molecule has 0 spiro atoms. The van der Waals surface area contributed by atoms with Crippen molar-refractivity contribution >= 4 is 32.2 Å². The Kier molecular flexibility index (Phi) is 4.11. The van der Waals surface area contributed by atoms with Gasteiger partial charge in [0.1, 0.15) is 9.90 Å². The minimum atomic E-state index is -3.29. The molecule has 1 aliphatic heterocycles. The van der Waals surface area contributed by atoms with Crippen LogP contribution in [0.3, 0.4) is 0 Å². The number of anilines is 2. The number of rotatable bonds is 5. The van der Waals surface area contributed by atoms with E-state index in [9.17, 15) is 8.42 Å². The van der Waals surface area contributed by atoms with Crippen molar-refractivity contribution in [1.82, 2.24) is 9.27 Å². The van der Waals surface area contributed by atoms with Gasteiger partial charge in [-0.3, -0.25) is 0 Å². The molecule has 2 aliphatic rings. The molecule has 0 aromatic carbocycles. The molecule has 0 atom stereocenters. The van der Waals surface area contributed by atoms with Crippen molar-refractivity contribution in [1.29, 1.82) is 0 Å². The zero-order valence-electron chi connectivity index (χ0n) is 12.2. The predicted octanol–water partition coefficient (Wildman–Crippen LogP) is 1.42. The highest BCUT2D eigenvalue weighted by Gasteiger charge is 2.40. The molecule has 2 fully saturated rings. The summed E-state index contributed by atoms with van der Waals surface area (Å²) in [7, 11) is -1.16.